The number of ether oxygens (including phenoxy) is 1. The first-order valence-electron chi connectivity index (χ1n) is 8.59. The number of nitro groups is 1. The van der Waals surface area contributed by atoms with E-state index in [9.17, 15) is 10.1 Å². The third-order valence-electron chi connectivity index (χ3n) is 3.85. The highest BCUT2D eigenvalue weighted by Crippen LogP contribution is 2.15. The lowest BCUT2D eigenvalue weighted by Gasteiger charge is -2.41. The molecular formula is C16H25ClN6O3. The van der Waals surface area contributed by atoms with E-state index in [2.05, 4.69) is 21.9 Å². The predicted octanol–water partition coefficient (Wildman–Crippen LogP) is 2.06. The first-order valence-corrected chi connectivity index (χ1v) is 8.97. The molecule has 0 atom stereocenters. The highest BCUT2D eigenvalue weighted by molar-refractivity contribution is 6.29. The Balaban J connectivity index is 2.02. The molecule has 26 heavy (non-hydrogen) atoms. The van der Waals surface area contributed by atoms with Gasteiger partial charge < -0.3 is 14.5 Å². The highest BCUT2D eigenvalue weighted by atomic mass is 35.5. The Hall–Kier alpha value is -1.97. The second-order valence-electron chi connectivity index (χ2n) is 6.17. The fourth-order valence-electron chi connectivity index (χ4n) is 2.79. The van der Waals surface area contributed by atoms with Gasteiger partial charge in [0.15, 0.2) is 5.03 Å². The van der Waals surface area contributed by atoms with Gasteiger partial charge in [0.1, 0.15) is 10.3 Å². The van der Waals surface area contributed by atoms with Crippen LogP contribution in [0, 0.1) is 10.1 Å². The van der Waals surface area contributed by atoms with Gasteiger partial charge in [0.2, 0.25) is 0 Å². The summed E-state index contributed by atoms with van der Waals surface area (Å²) in [7, 11) is 1.80. The summed E-state index contributed by atoms with van der Waals surface area (Å²) in [5.41, 5.74) is 0.909. The smallest absolute Gasteiger partial charge is 0.276 e. The maximum absolute atomic E-state index is 10.9. The topological polar surface area (TPSA) is 87.3 Å². The van der Waals surface area contributed by atoms with Gasteiger partial charge in [0, 0.05) is 39.5 Å². The molecule has 2 heterocycles. The number of hydrogen-bond acceptors (Lipinski definition) is 5. The lowest BCUT2D eigenvalue weighted by molar-refractivity contribution is -0.486. The molecule has 0 saturated carbocycles. The summed E-state index contributed by atoms with van der Waals surface area (Å²) in [5.74, 6) is 0.337. The molecule has 1 aliphatic rings. The lowest BCUT2D eigenvalue weighted by atomic mass is 10.2. The standard InChI is InChI=1S/C16H25ClN6O3/c1-3-8-26-9-4-7-21-12-20(2)16(19-23(24)25)22(13-21)11-14-5-6-15(17)18-10-14/h5-6,10H,3-4,7-9,11-13H2,1-2H3. The summed E-state index contributed by atoms with van der Waals surface area (Å²) in [6, 6.07) is 3.56. The van der Waals surface area contributed by atoms with Crippen molar-refractivity contribution in [2.45, 2.75) is 26.3 Å². The molecule has 0 unspecified atom stereocenters. The van der Waals surface area contributed by atoms with Crippen molar-refractivity contribution in [3.8, 4) is 0 Å². The molecule has 144 valence electrons. The number of hydrazone groups is 1. The maximum atomic E-state index is 10.9. The minimum atomic E-state index is -0.660. The van der Waals surface area contributed by atoms with Crippen molar-refractivity contribution in [1.29, 1.82) is 0 Å². The third-order valence-corrected chi connectivity index (χ3v) is 4.08. The van der Waals surface area contributed by atoms with Crippen LogP contribution in [0.2, 0.25) is 5.15 Å². The van der Waals surface area contributed by atoms with Crippen LogP contribution in [0.4, 0.5) is 0 Å². The largest absolute Gasteiger partial charge is 0.381 e. The van der Waals surface area contributed by atoms with E-state index < -0.39 is 5.03 Å². The summed E-state index contributed by atoms with van der Waals surface area (Å²) in [5, 5.41) is 14.2. The highest BCUT2D eigenvalue weighted by Gasteiger charge is 2.28. The average Bonchev–Trinajstić information content (AvgIpc) is 2.59. The molecule has 0 radical (unpaired) electrons. The van der Waals surface area contributed by atoms with Gasteiger partial charge in [-0.05, 0) is 24.5 Å². The zero-order valence-electron chi connectivity index (χ0n) is 15.2. The number of halogens is 1. The van der Waals surface area contributed by atoms with Gasteiger partial charge in [0.25, 0.3) is 5.96 Å². The van der Waals surface area contributed by atoms with Crippen LogP contribution in [0.1, 0.15) is 25.3 Å². The molecule has 1 fully saturated rings. The summed E-state index contributed by atoms with van der Waals surface area (Å²) < 4.78 is 5.52. The molecule has 2 rings (SSSR count). The Morgan fingerprint density at radius 2 is 2.19 bits per heavy atom. The van der Waals surface area contributed by atoms with Crippen LogP contribution in [0.3, 0.4) is 0 Å². The zero-order chi connectivity index (χ0) is 18.9. The van der Waals surface area contributed by atoms with Gasteiger partial charge in [-0.2, -0.15) is 0 Å². The van der Waals surface area contributed by atoms with Gasteiger partial charge in [-0.15, -0.1) is 0 Å². The Morgan fingerprint density at radius 1 is 1.38 bits per heavy atom. The maximum Gasteiger partial charge on any atom is 0.276 e. The molecule has 9 nitrogen and oxygen atoms in total. The van der Waals surface area contributed by atoms with E-state index in [1.54, 1.807) is 24.2 Å². The predicted molar refractivity (Wildman–Crippen MR) is 99.1 cm³/mol. The van der Waals surface area contributed by atoms with Crippen LogP contribution in [-0.2, 0) is 11.3 Å². The second-order valence-corrected chi connectivity index (χ2v) is 6.55. The SMILES string of the molecule is CCCOCCCN1CN(C)C(=N[N+](=O)[O-])N(Cc2ccc(Cl)nc2)C1. The second kappa shape index (κ2) is 10.2. The van der Waals surface area contributed by atoms with Crippen LogP contribution < -0.4 is 0 Å². The fraction of sp³-hybridized carbons (Fsp3) is 0.625. The minimum Gasteiger partial charge on any atom is -0.381 e. The number of nitrogens with zero attached hydrogens (tertiary/aromatic N) is 6. The van der Waals surface area contributed by atoms with E-state index in [-0.39, 0.29) is 0 Å². The fourth-order valence-corrected chi connectivity index (χ4v) is 2.90. The van der Waals surface area contributed by atoms with Crippen molar-refractivity contribution < 1.29 is 9.77 Å². The van der Waals surface area contributed by atoms with Crippen LogP contribution in [0.15, 0.2) is 23.4 Å². The first kappa shape index (κ1) is 20.3. The van der Waals surface area contributed by atoms with Crippen LogP contribution >= 0.6 is 11.6 Å². The van der Waals surface area contributed by atoms with Crippen molar-refractivity contribution in [3.63, 3.8) is 0 Å². The molecular weight excluding hydrogens is 360 g/mol. The Bertz CT molecular complexity index is 613. The van der Waals surface area contributed by atoms with Crippen molar-refractivity contribution in [1.82, 2.24) is 19.7 Å². The molecule has 0 aliphatic carbocycles. The summed E-state index contributed by atoms with van der Waals surface area (Å²) in [6.07, 6.45) is 3.59. The first-order chi connectivity index (χ1) is 12.5. The molecule has 0 bridgehead atoms. The molecule has 0 spiro atoms. The Morgan fingerprint density at radius 3 is 2.85 bits per heavy atom. The van der Waals surface area contributed by atoms with Gasteiger partial charge in [-0.25, -0.2) is 15.1 Å². The van der Waals surface area contributed by atoms with E-state index in [1.165, 1.54) is 0 Å². The van der Waals surface area contributed by atoms with Crippen LogP contribution in [-0.4, -0.2) is 70.8 Å². The quantitative estimate of drug-likeness (QED) is 0.278. The Labute approximate surface area is 158 Å². The normalized spacial score (nSPS) is 17.1. The molecule has 0 N–H and O–H groups in total. The number of guanidine groups is 1. The average molecular weight is 385 g/mol. The molecule has 1 saturated heterocycles. The van der Waals surface area contributed by atoms with Crippen molar-refractivity contribution in [3.05, 3.63) is 39.2 Å². The third kappa shape index (κ3) is 6.40. The molecule has 0 aromatic carbocycles. The van der Waals surface area contributed by atoms with E-state index in [1.807, 2.05) is 11.0 Å². The zero-order valence-corrected chi connectivity index (χ0v) is 15.9. The van der Waals surface area contributed by atoms with Crippen molar-refractivity contribution in [2.24, 2.45) is 5.10 Å². The summed E-state index contributed by atoms with van der Waals surface area (Å²) in [4.78, 5) is 20.8. The number of aromatic nitrogens is 1. The number of hydrogen-bond donors (Lipinski definition) is 0. The van der Waals surface area contributed by atoms with Crippen molar-refractivity contribution in [2.75, 3.05) is 40.1 Å². The van der Waals surface area contributed by atoms with E-state index in [0.717, 1.165) is 31.6 Å². The monoisotopic (exact) mass is 384 g/mol. The van der Waals surface area contributed by atoms with Crippen LogP contribution in [0.25, 0.3) is 0 Å². The minimum absolute atomic E-state index is 0.337. The molecule has 10 heteroatoms. The van der Waals surface area contributed by atoms with Gasteiger partial charge in [-0.1, -0.05) is 24.6 Å². The number of rotatable bonds is 9. The van der Waals surface area contributed by atoms with Crippen molar-refractivity contribution >= 4 is 17.6 Å². The van der Waals surface area contributed by atoms with E-state index in [0.29, 0.717) is 37.6 Å². The number of pyridine rings is 1. The summed E-state index contributed by atoms with van der Waals surface area (Å²) >= 11 is 5.83. The lowest BCUT2D eigenvalue weighted by Crippen LogP contribution is -2.57. The van der Waals surface area contributed by atoms with E-state index in [4.69, 9.17) is 16.3 Å². The van der Waals surface area contributed by atoms with Gasteiger partial charge in [0.05, 0.1) is 13.3 Å². The van der Waals surface area contributed by atoms with Crippen LogP contribution in [0.5, 0.6) is 0 Å². The van der Waals surface area contributed by atoms with E-state index >= 15 is 0 Å². The molecule has 1 aromatic heterocycles. The van der Waals surface area contributed by atoms with Gasteiger partial charge in [-0.3, -0.25) is 4.90 Å². The van der Waals surface area contributed by atoms with Gasteiger partial charge >= 0.3 is 0 Å². The molecule has 1 aromatic rings. The molecule has 0 amide bonds. The molecule has 1 aliphatic heterocycles. The Kier molecular flexibility index (Phi) is 8.02. The summed E-state index contributed by atoms with van der Waals surface area (Å²) in [6.45, 7) is 6.00.